The van der Waals surface area contributed by atoms with Gasteiger partial charge in [-0.2, -0.15) is 0 Å². The van der Waals surface area contributed by atoms with Gasteiger partial charge in [-0.1, -0.05) is 94.7 Å². The van der Waals surface area contributed by atoms with Crippen molar-refractivity contribution in [2.75, 3.05) is 0 Å². The van der Waals surface area contributed by atoms with Gasteiger partial charge in [0.1, 0.15) is 5.58 Å². The van der Waals surface area contributed by atoms with Gasteiger partial charge in [0.05, 0.1) is 13.7 Å². The molecule has 217 valence electrons. The Kier molecular flexibility index (Phi) is 9.37. The van der Waals surface area contributed by atoms with Crippen LogP contribution < -0.4 is 5.19 Å². The first-order valence-corrected chi connectivity index (χ1v) is 17.7. The standard InChI is InChI=1S/C24H26NOSi.C13H12N.Ir/c1-24(2,3)16-11-12-25-21(13-16)20-15-17(27(4,5)6)14-19-18-9-7-8-10-22(18)26-23(19)20;1-10-3-6-12(7-4-10)13-8-5-11(2)9-14-13;/h7-14H,1-6H3;3-6,8-9H,1-2H3;/q2*-1;. The Bertz CT molecular complexity index is 1770. The minimum Gasteiger partial charge on any atom is -0.501 e. The van der Waals surface area contributed by atoms with Crippen LogP contribution in [0.15, 0.2) is 89.6 Å². The van der Waals surface area contributed by atoms with Crippen LogP contribution in [-0.2, 0) is 25.5 Å². The van der Waals surface area contributed by atoms with Crippen LogP contribution in [0.3, 0.4) is 0 Å². The summed E-state index contributed by atoms with van der Waals surface area (Å²) in [4.78, 5) is 9.04. The summed E-state index contributed by atoms with van der Waals surface area (Å²) in [6, 6.07) is 31.9. The third-order valence-electron chi connectivity index (χ3n) is 7.25. The molecular weight excluding hydrogens is 709 g/mol. The molecule has 6 rings (SSSR count). The van der Waals surface area contributed by atoms with E-state index in [4.69, 9.17) is 9.40 Å². The maximum atomic E-state index is 6.28. The molecule has 3 aromatic carbocycles. The maximum Gasteiger partial charge on any atom is 0.120 e. The molecule has 0 aliphatic carbocycles. The Morgan fingerprint density at radius 1 is 0.786 bits per heavy atom. The first-order valence-electron chi connectivity index (χ1n) is 14.2. The molecule has 3 nitrogen and oxygen atoms in total. The molecule has 0 unspecified atom stereocenters. The molecule has 0 fully saturated rings. The molecule has 0 spiro atoms. The molecule has 0 bridgehead atoms. The smallest absolute Gasteiger partial charge is 0.120 e. The van der Waals surface area contributed by atoms with Crippen molar-refractivity contribution < 1.29 is 24.5 Å². The van der Waals surface area contributed by atoms with Crippen molar-refractivity contribution >= 4 is 35.2 Å². The monoisotopic (exact) mass is 747 g/mol. The molecule has 0 saturated carbocycles. The Morgan fingerprint density at radius 2 is 1.52 bits per heavy atom. The van der Waals surface area contributed by atoms with Gasteiger partial charge >= 0.3 is 0 Å². The van der Waals surface area contributed by atoms with Crippen molar-refractivity contribution in [3.63, 3.8) is 0 Å². The number of furan rings is 1. The number of pyridine rings is 2. The van der Waals surface area contributed by atoms with E-state index in [9.17, 15) is 0 Å². The van der Waals surface area contributed by atoms with Crippen molar-refractivity contribution in [2.24, 2.45) is 0 Å². The number of para-hydroxylation sites is 1. The summed E-state index contributed by atoms with van der Waals surface area (Å²) >= 11 is 0. The van der Waals surface area contributed by atoms with Gasteiger partial charge in [0, 0.05) is 37.9 Å². The van der Waals surface area contributed by atoms with Gasteiger partial charge in [-0.05, 0) is 47.0 Å². The summed E-state index contributed by atoms with van der Waals surface area (Å²) in [6.45, 7) is 17.8. The Morgan fingerprint density at radius 3 is 2.17 bits per heavy atom. The summed E-state index contributed by atoms with van der Waals surface area (Å²) in [5.41, 5.74) is 9.50. The molecule has 3 aromatic heterocycles. The Labute approximate surface area is 264 Å². The van der Waals surface area contributed by atoms with E-state index in [0.717, 1.165) is 39.1 Å². The third-order valence-corrected chi connectivity index (χ3v) is 9.14. The average Bonchev–Trinajstić information content (AvgIpc) is 3.32. The number of rotatable bonds is 3. The summed E-state index contributed by atoms with van der Waals surface area (Å²) in [5, 5.41) is 3.63. The van der Waals surface area contributed by atoms with E-state index in [1.165, 1.54) is 27.3 Å². The maximum absolute atomic E-state index is 6.28. The predicted molar refractivity (Wildman–Crippen MR) is 175 cm³/mol. The van der Waals surface area contributed by atoms with Crippen molar-refractivity contribution in [1.82, 2.24) is 9.97 Å². The van der Waals surface area contributed by atoms with Crippen LogP contribution in [0.4, 0.5) is 0 Å². The van der Waals surface area contributed by atoms with Crippen LogP contribution in [-0.4, -0.2) is 18.0 Å². The SMILES string of the molecule is CC(C)(C)c1ccnc(-c2[c-]c([Si](C)(C)C)cc3c2oc2ccccc23)c1.Cc1c[c-]c(-c2ccc(C)cn2)cc1.[Ir]. The van der Waals surface area contributed by atoms with E-state index in [1.807, 2.05) is 49.6 Å². The second kappa shape index (κ2) is 12.5. The second-order valence-electron chi connectivity index (χ2n) is 12.8. The third kappa shape index (κ3) is 6.98. The van der Waals surface area contributed by atoms with Gasteiger partial charge in [-0.15, -0.1) is 52.7 Å². The molecule has 0 atom stereocenters. The fraction of sp³-hybridized carbons (Fsp3) is 0.243. The molecule has 5 heteroatoms. The number of aryl methyl sites for hydroxylation is 2. The van der Waals surface area contributed by atoms with Gasteiger partial charge in [0.15, 0.2) is 0 Å². The number of hydrogen-bond acceptors (Lipinski definition) is 3. The zero-order valence-electron chi connectivity index (χ0n) is 25.7. The van der Waals surface area contributed by atoms with Crippen LogP contribution in [0.1, 0.15) is 37.5 Å². The summed E-state index contributed by atoms with van der Waals surface area (Å²) < 4.78 is 6.28. The van der Waals surface area contributed by atoms with E-state index in [0.29, 0.717) is 0 Å². The number of benzene rings is 3. The van der Waals surface area contributed by atoms with E-state index in [2.05, 4.69) is 107 Å². The largest absolute Gasteiger partial charge is 0.501 e. The summed E-state index contributed by atoms with van der Waals surface area (Å²) in [7, 11) is -1.55. The number of hydrogen-bond donors (Lipinski definition) is 0. The van der Waals surface area contributed by atoms with Crippen molar-refractivity contribution in [3.8, 4) is 22.5 Å². The summed E-state index contributed by atoms with van der Waals surface area (Å²) in [5.74, 6) is 0. The zero-order valence-corrected chi connectivity index (χ0v) is 29.1. The van der Waals surface area contributed by atoms with E-state index in [1.54, 1.807) is 0 Å². The first kappa shape index (κ1) is 31.6. The van der Waals surface area contributed by atoms with Crippen LogP contribution in [0, 0.1) is 26.0 Å². The van der Waals surface area contributed by atoms with Crippen LogP contribution in [0.25, 0.3) is 44.5 Å². The normalized spacial score (nSPS) is 11.6. The van der Waals surface area contributed by atoms with Gasteiger partial charge in [0.2, 0.25) is 0 Å². The van der Waals surface area contributed by atoms with Crippen molar-refractivity contribution in [3.05, 3.63) is 114 Å². The predicted octanol–water partition coefficient (Wildman–Crippen LogP) is 9.45. The van der Waals surface area contributed by atoms with Gasteiger partial charge in [-0.25, -0.2) is 0 Å². The molecule has 0 N–H and O–H groups in total. The molecule has 0 amide bonds. The minimum absolute atomic E-state index is 0. The van der Waals surface area contributed by atoms with E-state index in [-0.39, 0.29) is 25.5 Å². The van der Waals surface area contributed by atoms with Crippen LogP contribution in [0.5, 0.6) is 0 Å². The minimum atomic E-state index is -1.55. The Hall–Kier alpha value is -3.37. The molecule has 3 heterocycles. The number of aromatic nitrogens is 2. The molecule has 1 radical (unpaired) electrons. The quantitative estimate of drug-likeness (QED) is 0.134. The molecule has 0 aliphatic rings. The van der Waals surface area contributed by atoms with E-state index < -0.39 is 8.07 Å². The van der Waals surface area contributed by atoms with E-state index >= 15 is 0 Å². The van der Waals surface area contributed by atoms with Crippen molar-refractivity contribution in [2.45, 2.75) is 59.7 Å². The van der Waals surface area contributed by atoms with Gasteiger partial charge in [-0.3, -0.25) is 0 Å². The molecule has 42 heavy (non-hydrogen) atoms. The van der Waals surface area contributed by atoms with Gasteiger partial charge in [0.25, 0.3) is 0 Å². The van der Waals surface area contributed by atoms with Crippen LogP contribution in [0.2, 0.25) is 19.6 Å². The second-order valence-corrected chi connectivity index (χ2v) is 17.9. The number of fused-ring (bicyclic) bond motifs is 3. The molecular formula is C37H38IrN2OSi-2. The molecule has 0 aliphatic heterocycles. The average molecular weight is 747 g/mol. The van der Waals surface area contributed by atoms with Crippen LogP contribution >= 0.6 is 0 Å². The van der Waals surface area contributed by atoms with Gasteiger partial charge < -0.3 is 14.4 Å². The van der Waals surface area contributed by atoms with Crippen molar-refractivity contribution in [1.29, 1.82) is 0 Å². The molecule has 0 saturated heterocycles. The Balaban J connectivity index is 0.000000228. The zero-order chi connectivity index (χ0) is 29.4. The number of nitrogens with zero attached hydrogens (tertiary/aromatic N) is 2. The fourth-order valence-corrected chi connectivity index (χ4v) is 5.75. The first-order chi connectivity index (χ1) is 19.4. The fourth-order valence-electron chi connectivity index (χ4n) is 4.67. The summed E-state index contributed by atoms with van der Waals surface area (Å²) in [6.07, 6.45) is 3.78. The topological polar surface area (TPSA) is 38.9 Å². The molecule has 6 aromatic rings.